The van der Waals surface area contributed by atoms with E-state index in [2.05, 4.69) is 29.2 Å². The molecule has 0 aliphatic carbocycles. The van der Waals surface area contributed by atoms with E-state index in [-0.39, 0.29) is 0 Å². The van der Waals surface area contributed by atoms with E-state index in [4.69, 9.17) is 4.74 Å². The molecule has 0 spiro atoms. The smallest absolute Gasteiger partial charge is 0.155 e. The Hall–Kier alpha value is -1.46. The molecule has 0 fully saturated rings. The van der Waals surface area contributed by atoms with Crippen LogP contribution in [0, 0.1) is 6.92 Å². The molecule has 104 valence electrons. The fourth-order valence-electron chi connectivity index (χ4n) is 1.87. The van der Waals surface area contributed by atoms with Crippen molar-refractivity contribution < 1.29 is 4.74 Å². The van der Waals surface area contributed by atoms with E-state index in [1.54, 1.807) is 0 Å². The molecule has 5 heteroatoms. The van der Waals surface area contributed by atoms with E-state index in [1.807, 2.05) is 29.9 Å². The lowest BCUT2D eigenvalue weighted by Gasteiger charge is -2.08. The number of aromatic nitrogens is 3. The molecule has 0 radical (unpaired) electrons. The monoisotopic (exact) mass is 262 g/mol. The average molecular weight is 262 g/mol. The molecule has 0 saturated heterocycles. The molecule has 19 heavy (non-hydrogen) atoms. The number of hydrogen-bond donors (Lipinski definition) is 1. The summed E-state index contributed by atoms with van der Waals surface area (Å²) >= 11 is 0. The minimum Gasteiger partial charge on any atom is -0.379 e. The highest BCUT2D eigenvalue weighted by molar-refractivity contribution is 5.38. The molecule has 0 amide bonds. The minimum atomic E-state index is 0.315. The zero-order valence-corrected chi connectivity index (χ0v) is 11.9. The highest BCUT2D eigenvalue weighted by Gasteiger charge is 2.00. The number of hydrogen-bond acceptors (Lipinski definition) is 4. The van der Waals surface area contributed by atoms with E-state index >= 15 is 0 Å². The summed E-state index contributed by atoms with van der Waals surface area (Å²) in [7, 11) is 0. The third-order valence-corrected chi connectivity index (χ3v) is 2.77. The van der Waals surface area contributed by atoms with Gasteiger partial charge in [-0.2, -0.15) is 5.10 Å². The first-order valence-corrected chi connectivity index (χ1v) is 6.78. The Bertz CT molecular complexity index is 521. The molecule has 2 rings (SSSR count). The largest absolute Gasteiger partial charge is 0.379 e. The molecular formula is C14H22N4O. The van der Waals surface area contributed by atoms with Crippen molar-refractivity contribution in [3.8, 4) is 0 Å². The van der Waals surface area contributed by atoms with E-state index < -0.39 is 0 Å². The lowest BCUT2D eigenvalue weighted by molar-refractivity contribution is 0.0770. The molecule has 0 saturated carbocycles. The van der Waals surface area contributed by atoms with E-state index in [1.165, 1.54) is 0 Å². The van der Waals surface area contributed by atoms with Crippen molar-refractivity contribution in [3.63, 3.8) is 0 Å². The van der Waals surface area contributed by atoms with Crippen LogP contribution < -0.4 is 5.32 Å². The van der Waals surface area contributed by atoms with Crippen LogP contribution >= 0.6 is 0 Å². The molecule has 5 nitrogen and oxygen atoms in total. The predicted molar refractivity (Wildman–Crippen MR) is 75.1 cm³/mol. The van der Waals surface area contributed by atoms with Gasteiger partial charge < -0.3 is 10.1 Å². The van der Waals surface area contributed by atoms with Crippen LogP contribution in [0.25, 0.3) is 5.65 Å². The van der Waals surface area contributed by atoms with Gasteiger partial charge >= 0.3 is 0 Å². The molecule has 0 atom stereocenters. The molecule has 0 aliphatic heterocycles. The Kier molecular flexibility index (Phi) is 4.87. The molecule has 0 unspecified atom stereocenters. The Morgan fingerprint density at radius 1 is 1.42 bits per heavy atom. The number of aryl methyl sites for hydroxylation is 1. The minimum absolute atomic E-state index is 0.315. The van der Waals surface area contributed by atoms with Gasteiger partial charge in [0.1, 0.15) is 0 Å². The quantitative estimate of drug-likeness (QED) is 0.775. The van der Waals surface area contributed by atoms with Gasteiger partial charge in [0.25, 0.3) is 0 Å². The molecule has 2 aromatic heterocycles. The Labute approximate surface area is 114 Å². The third-order valence-electron chi connectivity index (χ3n) is 2.77. The van der Waals surface area contributed by atoms with Gasteiger partial charge in [-0.05, 0) is 33.7 Å². The zero-order valence-electron chi connectivity index (χ0n) is 11.9. The molecule has 0 bridgehead atoms. The van der Waals surface area contributed by atoms with Crippen LogP contribution in [0.1, 0.15) is 31.5 Å². The summed E-state index contributed by atoms with van der Waals surface area (Å²) in [6, 6.07) is 1.97. The number of ether oxygens (including phenoxy) is 1. The van der Waals surface area contributed by atoms with Crippen molar-refractivity contribution in [2.45, 2.75) is 39.8 Å². The summed E-state index contributed by atoms with van der Waals surface area (Å²) in [5.41, 5.74) is 3.02. The number of fused-ring (bicyclic) bond motifs is 1. The number of nitrogens with one attached hydrogen (secondary N) is 1. The lowest BCUT2D eigenvalue weighted by Crippen LogP contribution is -2.17. The van der Waals surface area contributed by atoms with Gasteiger partial charge in [-0.1, -0.05) is 0 Å². The van der Waals surface area contributed by atoms with Gasteiger partial charge in [0.15, 0.2) is 5.65 Å². The van der Waals surface area contributed by atoms with Gasteiger partial charge in [-0.15, -0.1) is 0 Å². The van der Waals surface area contributed by atoms with Gasteiger partial charge in [-0.25, -0.2) is 9.50 Å². The van der Waals surface area contributed by atoms with Crippen LogP contribution in [0.3, 0.4) is 0 Å². The molecule has 2 heterocycles. The highest BCUT2D eigenvalue weighted by atomic mass is 16.5. The first-order valence-electron chi connectivity index (χ1n) is 6.78. The summed E-state index contributed by atoms with van der Waals surface area (Å²) in [6.45, 7) is 8.65. The van der Waals surface area contributed by atoms with Gasteiger partial charge in [0.05, 0.1) is 11.8 Å². The summed E-state index contributed by atoms with van der Waals surface area (Å²) in [5, 5.41) is 7.74. The summed E-state index contributed by atoms with van der Waals surface area (Å²) in [5.74, 6) is 0. The second-order valence-corrected chi connectivity index (χ2v) is 5.00. The summed E-state index contributed by atoms with van der Waals surface area (Å²) in [6.07, 6.45) is 5.25. The maximum Gasteiger partial charge on any atom is 0.155 e. The predicted octanol–water partition coefficient (Wildman–Crippen LogP) is 1.94. The van der Waals surface area contributed by atoms with Gasteiger partial charge in [-0.3, -0.25) is 0 Å². The van der Waals surface area contributed by atoms with Crippen molar-refractivity contribution >= 4 is 5.65 Å². The van der Waals surface area contributed by atoms with Crippen LogP contribution in [0.5, 0.6) is 0 Å². The third kappa shape index (κ3) is 4.29. The molecule has 1 N–H and O–H groups in total. The second-order valence-electron chi connectivity index (χ2n) is 5.00. The standard InChI is InChI=1S/C14H22N4O/c1-11(2)19-6-4-5-15-8-13-9-16-14-7-12(3)17-18(14)10-13/h7,9-11,15H,4-6,8H2,1-3H3. The fourth-order valence-corrected chi connectivity index (χ4v) is 1.87. The van der Waals surface area contributed by atoms with Crippen molar-refractivity contribution in [3.05, 3.63) is 29.7 Å². The maximum atomic E-state index is 5.49. The SMILES string of the molecule is Cc1cc2ncc(CNCCCOC(C)C)cn2n1. The summed E-state index contributed by atoms with van der Waals surface area (Å²) < 4.78 is 7.32. The van der Waals surface area contributed by atoms with Crippen molar-refractivity contribution in [1.29, 1.82) is 0 Å². The lowest BCUT2D eigenvalue weighted by atomic mass is 10.3. The Morgan fingerprint density at radius 3 is 3.05 bits per heavy atom. The van der Waals surface area contributed by atoms with Crippen molar-refractivity contribution in [1.82, 2.24) is 19.9 Å². The molecule has 0 aliphatic rings. The zero-order chi connectivity index (χ0) is 13.7. The first-order chi connectivity index (χ1) is 9.15. The van der Waals surface area contributed by atoms with Crippen LogP contribution in [-0.4, -0.2) is 33.9 Å². The fraction of sp³-hybridized carbons (Fsp3) is 0.571. The Balaban J connectivity index is 1.75. The van der Waals surface area contributed by atoms with Crippen LogP contribution in [0.15, 0.2) is 18.5 Å². The van der Waals surface area contributed by atoms with E-state index in [9.17, 15) is 0 Å². The molecular weight excluding hydrogens is 240 g/mol. The van der Waals surface area contributed by atoms with Crippen LogP contribution in [0.4, 0.5) is 0 Å². The summed E-state index contributed by atoms with van der Waals surface area (Å²) in [4.78, 5) is 4.38. The maximum absolute atomic E-state index is 5.49. The first kappa shape index (κ1) is 14.0. The van der Waals surface area contributed by atoms with Crippen LogP contribution in [0.2, 0.25) is 0 Å². The topological polar surface area (TPSA) is 51.5 Å². The van der Waals surface area contributed by atoms with Crippen molar-refractivity contribution in [2.24, 2.45) is 0 Å². The Morgan fingerprint density at radius 2 is 2.26 bits per heavy atom. The number of nitrogens with zero attached hydrogens (tertiary/aromatic N) is 3. The second kappa shape index (κ2) is 6.63. The number of rotatable bonds is 7. The van der Waals surface area contributed by atoms with E-state index in [0.29, 0.717) is 6.10 Å². The van der Waals surface area contributed by atoms with E-state index in [0.717, 1.165) is 43.0 Å². The molecule has 2 aromatic rings. The molecule has 0 aromatic carbocycles. The van der Waals surface area contributed by atoms with Crippen LogP contribution in [-0.2, 0) is 11.3 Å². The average Bonchev–Trinajstić information content (AvgIpc) is 2.72. The van der Waals surface area contributed by atoms with Gasteiger partial charge in [0, 0.05) is 37.2 Å². The normalized spacial score (nSPS) is 11.6. The van der Waals surface area contributed by atoms with Crippen molar-refractivity contribution in [2.75, 3.05) is 13.2 Å². The van der Waals surface area contributed by atoms with Gasteiger partial charge in [0.2, 0.25) is 0 Å². The highest BCUT2D eigenvalue weighted by Crippen LogP contribution is 2.04.